The maximum absolute atomic E-state index is 13.5. The molecule has 1 saturated heterocycles. The van der Waals surface area contributed by atoms with Gasteiger partial charge in [0.25, 0.3) is 5.91 Å². The monoisotopic (exact) mass is 407 g/mol. The van der Waals surface area contributed by atoms with Gasteiger partial charge in [-0.25, -0.2) is 9.07 Å². The van der Waals surface area contributed by atoms with E-state index in [0.717, 1.165) is 32.0 Å². The van der Waals surface area contributed by atoms with Gasteiger partial charge in [0.1, 0.15) is 5.82 Å². The number of anilines is 1. The third-order valence-electron chi connectivity index (χ3n) is 4.20. The Hall–Kier alpha value is -2.20. The number of rotatable bonds is 3. The standard InChI is InChI=1S/C16H17F4N5O.ClH/c1-25-15(22-13(24-25)9-2-4-21-5-3-9)23-14(26)10-6-11(16(18,19)20)8-12(17)7-10;/h6-9,21H,2-5H2,1H3,(H,22,23,24,26);1H. The van der Waals surface area contributed by atoms with Crippen molar-refractivity contribution >= 4 is 24.3 Å². The van der Waals surface area contributed by atoms with E-state index in [9.17, 15) is 22.4 Å². The average Bonchev–Trinajstić information content (AvgIpc) is 2.95. The maximum atomic E-state index is 13.5. The van der Waals surface area contributed by atoms with Gasteiger partial charge in [0.15, 0.2) is 5.82 Å². The van der Waals surface area contributed by atoms with E-state index < -0.39 is 29.0 Å². The number of nitrogens with one attached hydrogen (secondary N) is 2. The highest BCUT2D eigenvalue weighted by molar-refractivity contribution is 6.03. The Labute approximate surface area is 158 Å². The molecule has 11 heteroatoms. The lowest BCUT2D eigenvalue weighted by Crippen LogP contribution is -2.27. The van der Waals surface area contributed by atoms with Gasteiger partial charge in [-0.1, -0.05) is 0 Å². The van der Waals surface area contributed by atoms with Crippen LogP contribution in [0.2, 0.25) is 0 Å². The Morgan fingerprint density at radius 3 is 2.56 bits per heavy atom. The molecule has 2 heterocycles. The first-order valence-corrected chi connectivity index (χ1v) is 8.05. The molecule has 0 atom stereocenters. The number of aryl methyl sites for hydroxylation is 1. The minimum atomic E-state index is -4.75. The SMILES string of the molecule is Cl.Cn1nc(C2CCNCC2)nc1NC(=O)c1cc(F)cc(C(F)(F)F)c1. The van der Waals surface area contributed by atoms with Crippen molar-refractivity contribution in [2.75, 3.05) is 18.4 Å². The van der Waals surface area contributed by atoms with Crippen molar-refractivity contribution in [1.82, 2.24) is 20.1 Å². The molecule has 1 aliphatic heterocycles. The van der Waals surface area contributed by atoms with Crippen molar-refractivity contribution in [1.29, 1.82) is 0 Å². The molecule has 1 fully saturated rings. The van der Waals surface area contributed by atoms with Gasteiger partial charge >= 0.3 is 6.18 Å². The molecule has 6 nitrogen and oxygen atoms in total. The second-order valence-corrected chi connectivity index (χ2v) is 6.12. The van der Waals surface area contributed by atoms with Crippen molar-refractivity contribution in [3.05, 3.63) is 41.0 Å². The highest BCUT2D eigenvalue weighted by atomic mass is 35.5. The Bertz CT molecular complexity index is 818. The maximum Gasteiger partial charge on any atom is 0.416 e. The first-order valence-electron chi connectivity index (χ1n) is 8.05. The predicted molar refractivity (Wildman–Crippen MR) is 92.5 cm³/mol. The summed E-state index contributed by atoms with van der Waals surface area (Å²) in [6.45, 7) is 1.68. The summed E-state index contributed by atoms with van der Waals surface area (Å²) in [6.07, 6.45) is -3.03. The van der Waals surface area contributed by atoms with E-state index >= 15 is 0 Å². The molecule has 148 valence electrons. The topological polar surface area (TPSA) is 71.8 Å². The van der Waals surface area contributed by atoms with Gasteiger partial charge < -0.3 is 5.32 Å². The van der Waals surface area contributed by atoms with Gasteiger partial charge in [-0.15, -0.1) is 12.4 Å². The van der Waals surface area contributed by atoms with Crippen LogP contribution in [-0.4, -0.2) is 33.8 Å². The van der Waals surface area contributed by atoms with Crippen LogP contribution in [0.15, 0.2) is 18.2 Å². The first kappa shape index (κ1) is 21.1. The van der Waals surface area contributed by atoms with Gasteiger partial charge in [-0.2, -0.15) is 23.3 Å². The fourth-order valence-corrected chi connectivity index (χ4v) is 2.82. The molecular weight excluding hydrogens is 390 g/mol. The summed E-state index contributed by atoms with van der Waals surface area (Å²) < 4.78 is 53.2. The highest BCUT2D eigenvalue weighted by Gasteiger charge is 2.32. The van der Waals surface area contributed by atoms with Crippen molar-refractivity contribution in [2.24, 2.45) is 7.05 Å². The lowest BCUT2D eigenvalue weighted by atomic mass is 9.98. The molecule has 1 aromatic carbocycles. The molecule has 0 unspecified atom stereocenters. The molecule has 0 saturated carbocycles. The predicted octanol–water partition coefficient (Wildman–Crippen LogP) is 3.11. The number of benzene rings is 1. The number of aromatic nitrogens is 3. The summed E-state index contributed by atoms with van der Waals surface area (Å²) in [5.41, 5.74) is -1.67. The molecule has 0 spiro atoms. The van der Waals surface area contributed by atoms with Crippen LogP contribution in [0.5, 0.6) is 0 Å². The number of carbonyl (C=O) groups is 1. The number of amides is 1. The first-order chi connectivity index (χ1) is 12.2. The fraction of sp³-hybridized carbons (Fsp3) is 0.438. The zero-order valence-corrected chi connectivity index (χ0v) is 15.1. The Morgan fingerprint density at radius 2 is 1.93 bits per heavy atom. The third kappa shape index (κ3) is 4.95. The molecule has 2 N–H and O–H groups in total. The van der Waals surface area contributed by atoms with Crippen molar-refractivity contribution in [3.8, 4) is 0 Å². The molecule has 0 radical (unpaired) electrons. The summed E-state index contributed by atoms with van der Waals surface area (Å²) in [6, 6.07) is 1.69. The molecule has 0 bridgehead atoms. The van der Waals surface area contributed by atoms with Crippen LogP contribution < -0.4 is 10.6 Å². The van der Waals surface area contributed by atoms with Crippen LogP contribution in [-0.2, 0) is 13.2 Å². The van der Waals surface area contributed by atoms with Crippen LogP contribution in [0.3, 0.4) is 0 Å². The summed E-state index contributed by atoms with van der Waals surface area (Å²) in [7, 11) is 1.57. The van der Waals surface area contributed by atoms with Crippen LogP contribution in [0.25, 0.3) is 0 Å². The van der Waals surface area contributed by atoms with E-state index in [1.54, 1.807) is 7.05 Å². The number of halogens is 5. The van der Waals surface area contributed by atoms with Gasteiger partial charge in [-0.05, 0) is 44.1 Å². The van der Waals surface area contributed by atoms with Gasteiger partial charge in [0.05, 0.1) is 5.56 Å². The minimum absolute atomic E-state index is 0. The van der Waals surface area contributed by atoms with E-state index in [1.807, 2.05) is 0 Å². The quantitative estimate of drug-likeness (QED) is 0.767. The summed E-state index contributed by atoms with van der Waals surface area (Å²) in [4.78, 5) is 16.5. The average molecular weight is 408 g/mol. The lowest BCUT2D eigenvalue weighted by molar-refractivity contribution is -0.137. The van der Waals surface area contributed by atoms with Crippen LogP contribution in [0, 0.1) is 5.82 Å². The molecule has 0 aliphatic carbocycles. The Morgan fingerprint density at radius 1 is 1.26 bits per heavy atom. The number of carbonyl (C=O) groups excluding carboxylic acids is 1. The van der Waals surface area contributed by atoms with E-state index in [1.165, 1.54) is 4.68 Å². The Balaban J connectivity index is 0.00000261. The van der Waals surface area contributed by atoms with Crippen molar-refractivity contribution < 1.29 is 22.4 Å². The lowest BCUT2D eigenvalue weighted by Gasteiger charge is -2.19. The number of nitrogens with zero attached hydrogens (tertiary/aromatic N) is 3. The fourth-order valence-electron chi connectivity index (χ4n) is 2.82. The van der Waals surface area contributed by atoms with Crippen LogP contribution in [0.1, 0.15) is 40.5 Å². The van der Waals surface area contributed by atoms with Gasteiger partial charge in [0, 0.05) is 18.5 Å². The van der Waals surface area contributed by atoms with E-state index in [0.29, 0.717) is 18.0 Å². The molecule has 1 aromatic heterocycles. The summed E-state index contributed by atoms with van der Waals surface area (Å²) in [5, 5.41) is 9.88. The molecule has 27 heavy (non-hydrogen) atoms. The normalized spacial score (nSPS) is 15.3. The van der Waals surface area contributed by atoms with E-state index in [-0.39, 0.29) is 24.3 Å². The minimum Gasteiger partial charge on any atom is -0.317 e. The molecular formula is C16H18ClF4N5O. The second kappa shape index (κ2) is 8.22. The highest BCUT2D eigenvalue weighted by Crippen LogP contribution is 2.30. The van der Waals surface area contributed by atoms with Gasteiger partial charge in [-0.3, -0.25) is 10.1 Å². The molecule has 3 rings (SSSR count). The second-order valence-electron chi connectivity index (χ2n) is 6.12. The van der Waals surface area contributed by atoms with Crippen molar-refractivity contribution in [3.63, 3.8) is 0 Å². The molecule has 1 amide bonds. The van der Waals surface area contributed by atoms with E-state index in [2.05, 4.69) is 20.7 Å². The summed E-state index contributed by atoms with van der Waals surface area (Å²) >= 11 is 0. The van der Waals surface area contributed by atoms with Crippen LogP contribution >= 0.6 is 12.4 Å². The summed E-state index contributed by atoms with van der Waals surface area (Å²) in [5.74, 6) is -1.21. The smallest absolute Gasteiger partial charge is 0.317 e. The zero-order valence-electron chi connectivity index (χ0n) is 14.3. The van der Waals surface area contributed by atoms with Gasteiger partial charge in [0.2, 0.25) is 5.95 Å². The Kier molecular flexibility index (Phi) is 6.42. The molecule has 2 aromatic rings. The zero-order chi connectivity index (χ0) is 18.9. The number of hydrogen-bond donors (Lipinski definition) is 2. The molecule has 1 aliphatic rings. The van der Waals surface area contributed by atoms with Crippen LogP contribution in [0.4, 0.5) is 23.5 Å². The number of alkyl halides is 3. The number of piperidine rings is 1. The number of hydrogen-bond acceptors (Lipinski definition) is 4. The van der Waals surface area contributed by atoms with E-state index in [4.69, 9.17) is 0 Å². The van der Waals surface area contributed by atoms with Crippen molar-refractivity contribution in [2.45, 2.75) is 24.9 Å². The third-order valence-corrected chi connectivity index (χ3v) is 4.20. The largest absolute Gasteiger partial charge is 0.416 e.